The van der Waals surface area contributed by atoms with Gasteiger partial charge in [-0.2, -0.15) is 0 Å². The molecule has 0 spiro atoms. The first-order chi connectivity index (χ1) is 10.4. The van der Waals surface area contributed by atoms with Crippen LogP contribution < -0.4 is 0 Å². The van der Waals surface area contributed by atoms with Crippen molar-refractivity contribution in [3.05, 3.63) is 52.6 Å². The lowest BCUT2D eigenvalue weighted by atomic mass is 9.98. The number of carbonyl (C=O) groups is 1. The van der Waals surface area contributed by atoms with Crippen molar-refractivity contribution in [2.24, 2.45) is 0 Å². The molecule has 1 aromatic carbocycles. The molecule has 22 heavy (non-hydrogen) atoms. The van der Waals surface area contributed by atoms with Gasteiger partial charge in [0.25, 0.3) is 5.91 Å². The van der Waals surface area contributed by atoms with Gasteiger partial charge in [0.05, 0.1) is 0 Å². The lowest BCUT2D eigenvalue weighted by Gasteiger charge is -2.13. The Balaban J connectivity index is 2.48. The number of hydrogen-bond donors (Lipinski definition) is 1. The summed E-state index contributed by atoms with van der Waals surface area (Å²) in [7, 11) is 3.22. The summed E-state index contributed by atoms with van der Waals surface area (Å²) in [5.41, 5.74) is 1.85. The summed E-state index contributed by atoms with van der Waals surface area (Å²) in [6.45, 7) is -0.0772. The highest BCUT2D eigenvalue weighted by molar-refractivity contribution is 6.29. The largest absolute Gasteiger partial charge is 0.396 e. The van der Waals surface area contributed by atoms with Gasteiger partial charge in [-0.3, -0.25) is 4.79 Å². The van der Waals surface area contributed by atoms with Crippen LogP contribution in [0.2, 0.25) is 5.15 Å². The van der Waals surface area contributed by atoms with Crippen LogP contribution in [0.5, 0.6) is 0 Å². The predicted molar refractivity (Wildman–Crippen MR) is 83.4 cm³/mol. The maximum Gasteiger partial charge on any atom is 0.253 e. The summed E-state index contributed by atoms with van der Waals surface area (Å²) in [5.74, 6) is -0.786. The van der Waals surface area contributed by atoms with Crippen LogP contribution in [0.15, 0.2) is 30.5 Å². The number of rotatable bonds is 4. The van der Waals surface area contributed by atoms with Gasteiger partial charge in [-0.15, -0.1) is 0 Å². The standard InChI is InChI=1S/C16H16ClFN2O2/c1-20(2)16(22)11-3-4-12(14(18)7-11)13-9-19-15(17)8-10(13)5-6-21/h3-4,7-9,21H,5-6H2,1-2H3. The Morgan fingerprint density at radius 2 is 2.05 bits per heavy atom. The summed E-state index contributed by atoms with van der Waals surface area (Å²) >= 11 is 5.84. The fourth-order valence-corrected chi connectivity index (χ4v) is 2.34. The van der Waals surface area contributed by atoms with Crippen LogP contribution in [-0.2, 0) is 6.42 Å². The zero-order valence-electron chi connectivity index (χ0n) is 12.3. The topological polar surface area (TPSA) is 53.4 Å². The van der Waals surface area contributed by atoms with E-state index in [1.165, 1.54) is 23.2 Å². The van der Waals surface area contributed by atoms with Crippen LogP contribution >= 0.6 is 11.6 Å². The lowest BCUT2D eigenvalue weighted by Crippen LogP contribution is -2.21. The normalized spacial score (nSPS) is 10.6. The van der Waals surface area contributed by atoms with Crippen LogP contribution in [0.4, 0.5) is 4.39 Å². The Morgan fingerprint density at radius 3 is 2.64 bits per heavy atom. The predicted octanol–water partition coefficient (Wildman–Crippen LogP) is 2.78. The number of aliphatic hydroxyl groups is 1. The fourth-order valence-electron chi connectivity index (χ4n) is 2.16. The van der Waals surface area contributed by atoms with Crippen LogP contribution in [0.3, 0.4) is 0 Å². The van der Waals surface area contributed by atoms with E-state index in [1.54, 1.807) is 26.2 Å². The van der Waals surface area contributed by atoms with Gasteiger partial charge in [0.15, 0.2) is 0 Å². The minimum absolute atomic E-state index is 0.0772. The number of hydrogen-bond acceptors (Lipinski definition) is 3. The van der Waals surface area contributed by atoms with Crippen molar-refractivity contribution in [1.82, 2.24) is 9.88 Å². The van der Waals surface area contributed by atoms with E-state index in [-0.39, 0.29) is 23.2 Å². The molecule has 0 aliphatic carbocycles. The Labute approximate surface area is 133 Å². The van der Waals surface area contributed by atoms with Gasteiger partial charge in [-0.1, -0.05) is 17.7 Å². The second kappa shape index (κ2) is 6.85. The summed E-state index contributed by atoms with van der Waals surface area (Å²) in [5, 5.41) is 9.41. The van der Waals surface area contributed by atoms with Crippen molar-refractivity contribution in [1.29, 1.82) is 0 Å². The number of aromatic nitrogens is 1. The number of benzene rings is 1. The van der Waals surface area contributed by atoms with Gasteiger partial charge >= 0.3 is 0 Å². The third kappa shape index (κ3) is 3.43. The average molecular weight is 323 g/mol. The summed E-state index contributed by atoms with van der Waals surface area (Å²) in [6.07, 6.45) is 1.81. The smallest absolute Gasteiger partial charge is 0.253 e. The molecule has 2 rings (SSSR count). The molecule has 6 heteroatoms. The van der Waals surface area contributed by atoms with Crippen molar-refractivity contribution in [3.63, 3.8) is 0 Å². The zero-order chi connectivity index (χ0) is 16.3. The quantitative estimate of drug-likeness (QED) is 0.881. The van der Waals surface area contributed by atoms with Gasteiger partial charge in [0.1, 0.15) is 11.0 Å². The molecular weight excluding hydrogens is 307 g/mol. The molecule has 0 aliphatic rings. The molecule has 0 saturated heterocycles. The van der Waals surface area contributed by atoms with Gasteiger partial charge in [-0.25, -0.2) is 9.37 Å². The first-order valence-corrected chi connectivity index (χ1v) is 7.08. The van der Waals surface area contributed by atoms with E-state index in [9.17, 15) is 9.18 Å². The van der Waals surface area contributed by atoms with E-state index < -0.39 is 5.82 Å². The molecule has 0 unspecified atom stereocenters. The molecule has 0 bridgehead atoms. The number of halogens is 2. The first kappa shape index (κ1) is 16.4. The Morgan fingerprint density at radius 1 is 1.32 bits per heavy atom. The van der Waals surface area contributed by atoms with Crippen LogP contribution in [0, 0.1) is 5.82 Å². The van der Waals surface area contributed by atoms with E-state index in [0.29, 0.717) is 23.1 Å². The highest BCUT2D eigenvalue weighted by atomic mass is 35.5. The van der Waals surface area contributed by atoms with E-state index in [2.05, 4.69) is 4.98 Å². The molecule has 2 aromatic rings. The molecule has 116 valence electrons. The summed E-state index contributed by atoms with van der Waals surface area (Å²) < 4.78 is 14.4. The van der Waals surface area contributed by atoms with Gasteiger partial charge in [0, 0.05) is 43.6 Å². The minimum Gasteiger partial charge on any atom is -0.396 e. The summed E-state index contributed by atoms with van der Waals surface area (Å²) in [4.78, 5) is 17.2. The van der Waals surface area contributed by atoms with Crippen LogP contribution in [0.25, 0.3) is 11.1 Å². The third-order valence-corrected chi connectivity index (χ3v) is 3.46. The highest BCUT2D eigenvalue weighted by Crippen LogP contribution is 2.28. The molecule has 1 aromatic heterocycles. The van der Waals surface area contributed by atoms with E-state index in [0.717, 1.165) is 0 Å². The summed E-state index contributed by atoms with van der Waals surface area (Å²) in [6, 6.07) is 5.91. The molecule has 0 saturated carbocycles. The lowest BCUT2D eigenvalue weighted by molar-refractivity contribution is 0.0827. The van der Waals surface area contributed by atoms with E-state index in [1.807, 2.05) is 0 Å². The molecular formula is C16H16ClFN2O2. The maximum absolute atomic E-state index is 14.4. The van der Waals surface area contributed by atoms with Crippen molar-refractivity contribution < 1.29 is 14.3 Å². The van der Waals surface area contributed by atoms with Crippen LogP contribution in [-0.4, -0.2) is 41.6 Å². The molecule has 1 amide bonds. The number of amides is 1. The Hall–Kier alpha value is -1.98. The van der Waals surface area contributed by atoms with Crippen molar-refractivity contribution in [2.45, 2.75) is 6.42 Å². The molecule has 0 radical (unpaired) electrons. The van der Waals surface area contributed by atoms with Gasteiger partial charge < -0.3 is 10.0 Å². The van der Waals surface area contributed by atoms with Crippen molar-refractivity contribution in [2.75, 3.05) is 20.7 Å². The van der Waals surface area contributed by atoms with E-state index in [4.69, 9.17) is 16.7 Å². The minimum atomic E-state index is -0.518. The second-order valence-corrected chi connectivity index (χ2v) is 5.42. The highest BCUT2D eigenvalue weighted by Gasteiger charge is 2.15. The number of nitrogens with zero attached hydrogens (tertiary/aromatic N) is 2. The Kier molecular flexibility index (Phi) is 5.11. The molecule has 1 N–H and O–H groups in total. The number of pyridine rings is 1. The monoisotopic (exact) mass is 322 g/mol. The third-order valence-electron chi connectivity index (χ3n) is 3.25. The van der Waals surface area contributed by atoms with Crippen molar-refractivity contribution in [3.8, 4) is 11.1 Å². The van der Waals surface area contributed by atoms with E-state index >= 15 is 0 Å². The maximum atomic E-state index is 14.4. The van der Waals surface area contributed by atoms with Crippen molar-refractivity contribution >= 4 is 17.5 Å². The molecule has 0 aliphatic heterocycles. The second-order valence-electron chi connectivity index (χ2n) is 5.03. The van der Waals surface area contributed by atoms with Gasteiger partial charge in [-0.05, 0) is 30.2 Å². The zero-order valence-corrected chi connectivity index (χ0v) is 13.1. The SMILES string of the molecule is CN(C)C(=O)c1ccc(-c2cnc(Cl)cc2CCO)c(F)c1. The molecule has 4 nitrogen and oxygen atoms in total. The molecule has 0 atom stereocenters. The first-order valence-electron chi connectivity index (χ1n) is 6.71. The Bertz CT molecular complexity index is 705. The molecule has 0 fully saturated rings. The fraction of sp³-hybridized carbons (Fsp3) is 0.250. The molecule has 1 heterocycles. The van der Waals surface area contributed by atoms with Gasteiger partial charge in [0.2, 0.25) is 0 Å². The van der Waals surface area contributed by atoms with Crippen LogP contribution in [0.1, 0.15) is 15.9 Å². The number of aliphatic hydroxyl groups excluding tert-OH is 1. The number of carbonyl (C=O) groups excluding carboxylic acids is 1. The average Bonchev–Trinajstić information content (AvgIpc) is 2.47.